The van der Waals surface area contributed by atoms with Gasteiger partial charge in [-0.25, -0.2) is 0 Å². The highest BCUT2D eigenvalue weighted by Crippen LogP contribution is 2.28. The molecule has 0 spiro atoms. The molecular weight excluding hydrogens is 158 g/mol. The van der Waals surface area contributed by atoms with Gasteiger partial charge in [-0.1, -0.05) is 39.0 Å². The second-order valence-electron chi connectivity index (χ2n) is 4.50. The van der Waals surface area contributed by atoms with Crippen molar-refractivity contribution in [3.8, 4) is 0 Å². The molecule has 1 aromatic carbocycles. The maximum Gasteiger partial charge on any atom is 0.0491 e. The number of H-pyrrole nitrogens is 1. The van der Waals surface area contributed by atoms with Crippen LogP contribution < -0.4 is 0 Å². The van der Waals surface area contributed by atoms with Gasteiger partial charge in [0.15, 0.2) is 0 Å². The molecule has 0 atom stereocenters. The van der Waals surface area contributed by atoms with E-state index in [4.69, 9.17) is 0 Å². The Morgan fingerprint density at radius 3 is 2.54 bits per heavy atom. The van der Waals surface area contributed by atoms with Crippen LogP contribution in [0.15, 0.2) is 30.5 Å². The van der Waals surface area contributed by atoms with Crippen molar-refractivity contribution < 1.29 is 0 Å². The molecule has 68 valence electrons. The smallest absolute Gasteiger partial charge is 0.0491 e. The summed E-state index contributed by atoms with van der Waals surface area (Å²) in [6, 6.07) is 8.57. The number of hydrogen-bond donors (Lipinski definition) is 1. The first kappa shape index (κ1) is 8.36. The summed E-state index contributed by atoms with van der Waals surface area (Å²) < 4.78 is 0. The van der Waals surface area contributed by atoms with Crippen LogP contribution in [-0.2, 0) is 5.41 Å². The first-order chi connectivity index (χ1) is 6.09. The maximum absolute atomic E-state index is 3.29. The molecule has 0 bridgehead atoms. The van der Waals surface area contributed by atoms with Crippen LogP contribution in [0.2, 0.25) is 0 Å². The monoisotopic (exact) mass is 173 g/mol. The number of aromatic nitrogens is 1. The Hall–Kier alpha value is -1.24. The van der Waals surface area contributed by atoms with E-state index in [-0.39, 0.29) is 5.41 Å². The van der Waals surface area contributed by atoms with Gasteiger partial charge in [-0.3, -0.25) is 0 Å². The highest BCUT2D eigenvalue weighted by Gasteiger charge is 2.16. The minimum absolute atomic E-state index is 0.213. The van der Waals surface area contributed by atoms with E-state index < -0.39 is 0 Å². The topological polar surface area (TPSA) is 15.8 Å². The third-order valence-corrected chi connectivity index (χ3v) is 2.40. The van der Waals surface area contributed by atoms with Gasteiger partial charge < -0.3 is 4.98 Å². The molecule has 2 rings (SSSR count). The third kappa shape index (κ3) is 1.35. The molecule has 2 aromatic rings. The number of hydrogen-bond acceptors (Lipinski definition) is 0. The SMILES string of the molecule is CC(C)(C)c1cccc2cc[nH]c12. The van der Waals surface area contributed by atoms with Crippen molar-refractivity contribution in [1.82, 2.24) is 4.98 Å². The van der Waals surface area contributed by atoms with E-state index in [0.29, 0.717) is 0 Å². The van der Waals surface area contributed by atoms with Crippen LogP contribution in [-0.4, -0.2) is 4.98 Å². The van der Waals surface area contributed by atoms with Gasteiger partial charge in [0.1, 0.15) is 0 Å². The lowest BCUT2D eigenvalue weighted by Crippen LogP contribution is -2.11. The van der Waals surface area contributed by atoms with Gasteiger partial charge in [-0.2, -0.15) is 0 Å². The summed E-state index contributed by atoms with van der Waals surface area (Å²) >= 11 is 0. The molecule has 0 saturated heterocycles. The van der Waals surface area contributed by atoms with Gasteiger partial charge in [0.2, 0.25) is 0 Å². The van der Waals surface area contributed by atoms with E-state index in [1.54, 1.807) is 0 Å². The molecule has 1 heterocycles. The van der Waals surface area contributed by atoms with E-state index in [9.17, 15) is 0 Å². The molecule has 0 radical (unpaired) electrons. The number of para-hydroxylation sites is 1. The lowest BCUT2D eigenvalue weighted by atomic mass is 9.86. The van der Waals surface area contributed by atoms with Crippen LogP contribution in [0.25, 0.3) is 10.9 Å². The van der Waals surface area contributed by atoms with Gasteiger partial charge in [-0.05, 0) is 22.4 Å². The number of rotatable bonds is 0. The van der Waals surface area contributed by atoms with Crippen molar-refractivity contribution in [1.29, 1.82) is 0 Å². The molecule has 0 fully saturated rings. The summed E-state index contributed by atoms with van der Waals surface area (Å²) in [6.45, 7) is 6.72. The van der Waals surface area contributed by atoms with Gasteiger partial charge in [0.25, 0.3) is 0 Å². The molecule has 1 aromatic heterocycles. The van der Waals surface area contributed by atoms with Crippen LogP contribution in [0.4, 0.5) is 0 Å². The van der Waals surface area contributed by atoms with Crippen molar-refractivity contribution in [3.05, 3.63) is 36.0 Å². The summed E-state index contributed by atoms with van der Waals surface area (Å²) in [5.41, 5.74) is 2.87. The fourth-order valence-corrected chi connectivity index (χ4v) is 1.71. The summed E-state index contributed by atoms with van der Waals surface area (Å²) in [4.78, 5) is 3.29. The van der Waals surface area contributed by atoms with E-state index in [2.05, 4.69) is 50.0 Å². The normalized spacial score (nSPS) is 12.2. The molecule has 0 aliphatic rings. The van der Waals surface area contributed by atoms with Crippen LogP contribution in [0, 0.1) is 0 Å². The lowest BCUT2D eigenvalue weighted by molar-refractivity contribution is 0.595. The third-order valence-electron chi connectivity index (χ3n) is 2.40. The summed E-state index contributed by atoms with van der Waals surface area (Å²) in [5.74, 6) is 0. The van der Waals surface area contributed by atoms with Crippen LogP contribution in [0.3, 0.4) is 0 Å². The second-order valence-corrected chi connectivity index (χ2v) is 4.50. The fraction of sp³-hybridized carbons (Fsp3) is 0.333. The standard InChI is InChI=1S/C12H15N/c1-12(2,3)10-6-4-5-9-7-8-13-11(9)10/h4-8,13H,1-3H3. The lowest BCUT2D eigenvalue weighted by Gasteiger charge is -2.19. The Labute approximate surface area is 78.8 Å². The Morgan fingerprint density at radius 1 is 1.08 bits per heavy atom. The zero-order chi connectivity index (χ0) is 9.47. The van der Waals surface area contributed by atoms with Gasteiger partial charge >= 0.3 is 0 Å². The summed E-state index contributed by atoms with van der Waals surface area (Å²) in [5, 5.41) is 1.30. The van der Waals surface area contributed by atoms with Crippen molar-refractivity contribution in [2.75, 3.05) is 0 Å². The molecule has 0 unspecified atom stereocenters. The zero-order valence-electron chi connectivity index (χ0n) is 8.39. The van der Waals surface area contributed by atoms with Crippen molar-refractivity contribution in [2.24, 2.45) is 0 Å². The number of fused-ring (bicyclic) bond motifs is 1. The van der Waals surface area contributed by atoms with E-state index >= 15 is 0 Å². The highest BCUT2D eigenvalue weighted by molar-refractivity contribution is 5.83. The summed E-state index contributed by atoms with van der Waals surface area (Å²) in [7, 11) is 0. The Kier molecular flexibility index (Phi) is 1.69. The van der Waals surface area contributed by atoms with Crippen LogP contribution in [0.5, 0.6) is 0 Å². The average Bonchev–Trinajstić information content (AvgIpc) is 2.48. The van der Waals surface area contributed by atoms with Crippen molar-refractivity contribution in [2.45, 2.75) is 26.2 Å². The number of aromatic amines is 1. The Bertz CT molecular complexity index is 418. The number of nitrogens with one attached hydrogen (secondary N) is 1. The molecule has 0 aliphatic carbocycles. The molecular formula is C12H15N. The number of benzene rings is 1. The molecule has 1 heteroatoms. The van der Waals surface area contributed by atoms with Gasteiger partial charge in [0.05, 0.1) is 0 Å². The van der Waals surface area contributed by atoms with Gasteiger partial charge in [0, 0.05) is 11.7 Å². The zero-order valence-corrected chi connectivity index (χ0v) is 8.39. The second kappa shape index (κ2) is 2.63. The minimum atomic E-state index is 0.213. The Balaban J connectivity index is 2.75. The largest absolute Gasteiger partial charge is 0.361 e. The summed E-state index contributed by atoms with van der Waals surface area (Å²) in [6.07, 6.45) is 2.00. The van der Waals surface area contributed by atoms with Crippen molar-refractivity contribution >= 4 is 10.9 Å². The predicted molar refractivity (Wildman–Crippen MR) is 57.0 cm³/mol. The van der Waals surface area contributed by atoms with E-state index in [1.165, 1.54) is 16.5 Å². The van der Waals surface area contributed by atoms with E-state index in [0.717, 1.165) is 0 Å². The minimum Gasteiger partial charge on any atom is -0.361 e. The fourth-order valence-electron chi connectivity index (χ4n) is 1.71. The molecule has 1 N–H and O–H groups in total. The Morgan fingerprint density at radius 2 is 1.85 bits per heavy atom. The maximum atomic E-state index is 3.29. The molecule has 0 amide bonds. The first-order valence-corrected chi connectivity index (χ1v) is 4.65. The molecule has 0 aliphatic heterocycles. The highest BCUT2D eigenvalue weighted by atomic mass is 14.7. The van der Waals surface area contributed by atoms with E-state index in [1.807, 2.05) is 6.20 Å². The van der Waals surface area contributed by atoms with Crippen molar-refractivity contribution in [3.63, 3.8) is 0 Å². The predicted octanol–water partition coefficient (Wildman–Crippen LogP) is 3.47. The van der Waals surface area contributed by atoms with Crippen LogP contribution >= 0.6 is 0 Å². The average molecular weight is 173 g/mol. The molecule has 13 heavy (non-hydrogen) atoms. The van der Waals surface area contributed by atoms with Crippen LogP contribution in [0.1, 0.15) is 26.3 Å². The van der Waals surface area contributed by atoms with Gasteiger partial charge in [-0.15, -0.1) is 0 Å². The molecule has 0 saturated carbocycles. The molecule has 1 nitrogen and oxygen atoms in total. The first-order valence-electron chi connectivity index (χ1n) is 4.65. The quantitative estimate of drug-likeness (QED) is 0.628.